The SMILES string of the molecule is SC([SH2+])=[N+]1CCN(c2ccccc2)CC1.SC([SH2+])=[N+]1CCN(c2ccccc2)CC1.[Co+2]. The molecule has 0 bridgehead atoms. The van der Waals surface area contributed by atoms with Crippen molar-refractivity contribution in [2.45, 2.75) is 0 Å². The first kappa shape index (κ1) is 26.5. The maximum absolute atomic E-state index is 4.30. The Kier molecular flexibility index (Phi) is 11.8. The number of thiol groups is 2. The number of hydrogen-bond donors (Lipinski definition) is 2. The molecule has 9 heteroatoms. The Morgan fingerprint density at radius 2 is 0.903 bits per heavy atom. The Hall–Kier alpha value is -0.714. The van der Waals surface area contributed by atoms with Crippen LogP contribution in [-0.4, -0.2) is 70.3 Å². The monoisotopic (exact) mass is 539 g/mol. The fraction of sp³-hybridized carbons (Fsp3) is 0.364. The number of piperazine rings is 2. The molecule has 0 N–H and O–H groups in total. The normalized spacial score (nSPS) is 16.1. The molecule has 2 fully saturated rings. The van der Waals surface area contributed by atoms with Gasteiger partial charge in [0.1, 0.15) is 0 Å². The van der Waals surface area contributed by atoms with E-state index in [0.717, 1.165) is 61.1 Å². The van der Waals surface area contributed by atoms with Crippen molar-refractivity contribution in [1.82, 2.24) is 0 Å². The second-order valence-electron chi connectivity index (χ2n) is 7.27. The van der Waals surface area contributed by atoms with E-state index in [-0.39, 0.29) is 16.8 Å². The fourth-order valence-electron chi connectivity index (χ4n) is 3.63. The zero-order valence-corrected chi connectivity index (χ0v) is 22.3. The van der Waals surface area contributed by atoms with Gasteiger partial charge in [0.15, 0.2) is 26.2 Å². The van der Waals surface area contributed by atoms with E-state index >= 15 is 0 Å². The van der Waals surface area contributed by atoms with Crippen molar-refractivity contribution in [3.05, 3.63) is 60.7 Å². The average molecular weight is 540 g/mol. The molecule has 167 valence electrons. The second kappa shape index (κ2) is 13.7. The van der Waals surface area contributed by atoms with E-state index in [0.29, 0.717) is 0 Å². The molecule has 2 aliphatic rings. The number of rotatable bonds is 2. The summed E-state index contributed by atoms with van der Waals surface area (Å²) in [6, 6.07) is 21.1. The van der Waals surface area contributed by atoms with Crippen LogP contribution in [0.15, 0.2) is 60.7 Å². The summed E-state index contributed by atoms with van der Waals surface area (Å²) in [5.74, 6) is 0. The number of para-hydroxylation sites is 2. The van der Waals surface area contributed by atoms with Crippen molar-refractivity contribution >= 4 is 70.6 Å². The van der Waals surface area contributed by atoms with Crippen LogP contribution in [0.5, 0.6) is 0 Å². The van der Waals surface area contributed by atoms with Crippen molar-refractivity contribution in [2.24, 2.45) is 0 Å². The summed E-state index contributed by atoms with van der Waals surface area (Å²) >= 11 is 15.5. The molecule has 4 rings (SSSR count). The van der Waals surface area contributed by atoms with Gasteiger partial charge in [-0.25, -0.2) is 0 Å². The quantitative estimate of drug-likeness (QED) is 0.261. The minimum atomic E-state index is 0. The van der Waals surface area contributed by atoms with Crippen molar-refractivity contribution < 1.29 is 25.9 Å². The van der Waals surface area contributed by atoms with Gasteiger partial charge in [0.2, 0.25) is 0 Å². The molecule has 2 aliphatic heterocycles. The summed E-state index contributed by atoms with van der Waals surface area (Å²) in [7, 11) is 0. The van der Waals surface area contributed by atoms with Crippen LogP contribution in [0, 0.1) is 0 Å². The third-order valence-corrected chi connectivity index (χ3v) is 6.60. The van der Waals surface area contributed by atoms with Gasteiger partial charge in [-0.2, -0.15) is 9.15 Å². The molecule has 0 aliphatic carbocycles. The molecule has 0 amide bonds. The predicted molar refractivity (Wildman–Crippen MR) is 146 cm³/mol. The molecule has 0 saturated carbocycles. The number of benzene rings is 2. The van der Waals surface area contributed by atoms with Crippen LogP contribution in [-0.2, 0) is 42.0 Å². The smallest absolute Gasteiger partial charge is 0.359 e. The third-order valence-electron chi connectivity index (χ3n) is 5.40. The Bertz CT molecular complexity index is 776. The minimum Gasteiger partial charge on any atom is -0.359 e. The van der Waals surface area contributed by atoms with Gasteiger partial charge in [-0.3, -0.25) is 0 Å². The van der Waals surface area contributed by atoms with Crippen LogP contribution in [0.1, 0.15) is 0 Å². The molecule has 0 atom stereocenters. The molecule has 0 aromatic heterocycles. The van der Waals surface area contributed by atoms with Crippen molar-refractivity contribution in [3.8, 4) is 0 Å². The first-order valence-corrected chi connectivity index (χ1v) is 12.1. The van der Waals surface area contributed by atoms with E-state index in [1.54, 1.807) is 0 Å². The van der Waals surface area contributed by atoms with Gasteiger partial charge in [0.05, 0.1) is 51.4 Å². The first-order valence-electron chi connectivity index (χ1n) is 10.2. The summed E-state index contributed by atoms with van der Waals surface area (Å²) in [6.07, 6.45) is 0. The topological polar surface area (TPSA) is 12.5 Å². The van der Waals surface area contributed by atoms with Crippen molar-refractivity contribution in [3.63, 3.8) is 0 Å². The van der Waals surface area contributed by atoms with Crippen LogP contribution in [0.2, 0.25) is 0 Å². The Morgan fingerprint density at radius 1 is 0.613 bits per heavy atom. The van der Waals surface area contributed by atoms with Gasteiger partial charge < -0.3 is 9.80 Å². The summed E-state index contributed by atoms with van der Waals surface area (Å²) in [4.78, 5) is 4.80. The zero-order valence-electron chi connectivity index (χ0n) is 17.4. The Morgan fingerprint density at radius 3 is 1.16 bits per heavy atom. The fourth-order valence-corrected chi connectivity index (χ4v) is 4.48. The van der Waals surface area contributed by atoms with Crippen LogP contribution >= 0.6 is 25.3 Å². The summed E-state index contributed by atoms with van der Waals surface area (Å²) in [6.45, 7) is 8.32. The van der Waals surface area contributed by atoms with Crippen molar-refractivity contribution in [2.75, 3.05) is 62.2 Å². The zero-order chi connectivity index (χ0) is 21.3. The number of nitrogens with zero attached hydrogens (tertiary/aromatic N) is 4. The van der Waals surface area contributed by atoms with E-state index in [2.05, 4.69) is 130 Å². The second-order valence-corrected chi connectivity index (χ2v) is 9.90. The van der Waals surface area contributed by atoms with Crippen LogP contribution in [0.25, 0.3) is 0 Å². The van der Waals surface area contributed by atoms with Gasteiger partial charge in [-0.05, 0) is 49.5 Å². The van der Waals surface area contributed by atoms with E-state index in [1.165, 1.54) is 11.4 Å². The van der Waals surface area contributed by atoms with Gasteiger partial charge >= 0.3 is 25.5 Å². The number of hydrogen-bond acceptors (Lipinski definition) is 2. The Labute approximate surface area is 218 Å². The standard InChI is InChI=1S/2C11H14N2S2.Co/c2*14-11(15)13-8-6-12(7-9-13)10-4-2-1-3-5-10;/h2*1-5H,6-9H2,(H,14,15);/q;;+2/p+4. The largest absolute Gasteiger partial charge is 2.00 e. The van der Waals surface area contributed by atoms with Gasteiger partial charge in [0, 0.05) is 11.4 Å². The van der Waals surface area contributed by atoms with Crippen LogP contribution < -0.4 is 9.80 Å². The summed E-state index contributed by atoms with van der Waals surface area (Å²) in [5, 5.41) is 0. The predicted octanol–water partition coefficient (Wildman–Crippen LogP) is 1.63. The van der Waals surface area contributed by atoms with E-state index in [1.807, 2.05) is 0 Å². The van der Waals surface area contributed by atoms with Crippen LogP contribution in [0.4, 0.5) is 11.4 Å². The van der Waals surface area contributed by atoms with Crippen molar-refractivity contribution in [1.29, 1.82) is 0 Å². The maximum atomic E-state index is 4.30. The molecule has 0 unspecified atom stereocenters. The summed E-state index contributed by atoms with van der Waals surface area (Å²) in [5.41, 5.74) is 2.62. The molecular weight excluding hydrogens is 507 g/mol. The number of anilines is 2. The maximum Gasteiger partial charge on any atom is 2.00 e. The molecule has 2 saturated heterocycles. The van der Waals surface area contributed by atoms with E-state index < -0.39 is 0 Å². The average Bonchev–Trinajstić information content (AvgIpc) is 2.81. The molecule has 1 radical (unpaired) electrons. The third kappa shape index (κ3) is 8.29. The summed E-state index contributed by atoms with van der Waals surface area (Å²) < 4.78 is 6.34. The molecular formula is C22H32CoN4S4+6. The van der Waals surface area contributed by atoms with Crippen LogP contribution in [0.3, 0.4) is 0 Å². The molecule has 2 heterocycles. The molecule has 2 aromatic rings. The molecule has 0 spiro atoms. The minimum absolute atomic E-state index is 0. The Balaban J connectivity index is 0.000000213. The van der Waals surface area contributed by atoms with Gasteiger partial charge in [-0.15, -0.1) is 0 Å². The van der Waals surface area contributed by atoms with Gasteiger partial charge in [-0.1, -0.05) is 36.4 Å². The molecule has 4 nitrogen and oxygen atoms in total. The molecule has 31 heavy (non-hydrogen) atoms. The van der Waals surface area contributed by atoms with Gasteiger partial charge in [0.25, 0.3) is 0 Å². The first-order chi connectivity index (χ1) is 14.5. The van der Waals surface area contributed by atoms with E-state index in [9.17, 15) is 0 Å². The molecule has 2 aromatic carbocycles. The van der Waals surface area contributed by atoms with E-state index in [4.69, 9.17) is 0 Å².